The van der Waals surface area contributed by atoms with E-state index >= 15 is 0 Å². The number of hydrazine groups is 1. The molecule has 3 atom stereocenters. The summed E-state index contributed by atoms with van der Waals surface area (Å²) in [7, 11) is 0. The van der Waals surface area contributed by atoms with Crippen LogP contribution in [-0.2, 0) is 9.59 Å². The molecule has 1 rings (SSSR count). The fourth-order valence-electron chi connectivity index (χ4n) is 1.58. The van der Waals surface area contributed by atoms with Gasteiger partial charge in [-0.05, 0) is 12.5 Å². The maximum atomic E-state index is 11.7. The van der Waals surface area contributed by atoms with Crippen molar-refractivity contribution in [1.29, 1.82) is 0 Å². The number of carbonyl (C=O) groups excluding carboxylic acids is 3. The summed E-state index contributed by atoms with van der Waals surface area (Å²) in [5, 5.41) is 21.1. The van der Waals surface area contributed by atoms with E-state index in [9.17, 15) is 24.6 Å². The normalized spacial score (nSPS) is 14.3. The van der Waals surface area contributed by atoms with Gasteiger partial charge in [-0.15, -0.1) is 0 Å². The van der Waals surface area contributed by atoms with Gasteiger partial charge in [-0.25, -0.2) is 10.2 Å². The van der Waals surface area contributed by atoms with Crippen molar-refractivity contribution < 1.29 is 24.6 Å². The predicted molar refractivity (Wildman–Crippen MR) is 75.9 cm³/mol. The summed E-state index contributed by atoms with van der Waals surface area (Å²) in [6.45, 7) is 1.27. The lowest BCUT2D eigenvalue weighted by molar-refractivity contribution is -0.130. The first-order valence-electron chi connectivity index (χ1n) is 6.39. The van der Waals surface area contributed by atoms with Crippen LogP contribution in [0.25, 0.3) is 0 Å². The van der Waals surface area contributed by atoms with Crippen LogP contribution < -0.4 is 21.9 Å². The van der Waals surface area contributed by atoms with Crippen molar-refractivity contribution in [2.45, 2.75) is 25.2 Å². The first-order chi connectivity index (χ1) is 10.3. The highest BCUT2D eigenvalue weighted by Gasteiger charge is 2.24. The van der Waals surface area contributed by atoms with Gasteiger partial charge in [-0.3, -0.25) is 15.0 Å². The van der Waals surface area contributed by atoms with E-state index in [1.807, 2.05) is 10.9 Å². The fourth-order valence-corrected chi connectivity index (χ4v) is 1.58. The van der Waals surface area contributed by atoms with E-state index < -0.39 is 36.1 Å². The van der Waals surface area contributed by atoms with Crippen molar-refractivity contribution in [3.8, 4) is 0 Å². The molecule has 0 radical (unpaired) electrons. The lowest BCUT2D eigenvalue weighted by Gasteiger charge is -2.19. The number of urea groups is 1. The van der Waals surface area contributed by atoms with Crippen molar-refractivity contribution in [3.63, 3.8) is 0 Å². The smallest absolute Gasteiger partial charge is 0.334 e. The molecule has 0 bridgehead atoms. The Morgan fingerprint density at radius 3 is 2.18 bits per heavy atom. The molecule has 7 N–H and O–H groups in total. The van der Waals surface area contributed by atoms with Crippen molar-refractivity contribution in [3.05, 3.63) is 35.9 Å². The Kier molecular flexibility index (Phi) is 6.29. The molecule has 4 amide bonds. The number of benzene rings is 1. The molecule has 0 aliphatic rings. The number of primary amides is 1. The maximum Gasteiger partial charge on any atom is 0.334 e. The number of aliphatic hydroxyl groups excluding tert-OH is 2. The highest BCUT2D eigenvalue weighted by molar-refractivity contribution is 5.88. The maximum absolute atomic E-state index is 11.7. The molecule has 1 aromatic carbocycles. The Hall–Kier alpha value is -2.65. The third-order valence-electron chi connectivity index (χ3n) is 2.74. The third kappa shape index (κ3) is 5.04. The molecule has 0 saturated heterocycles. The number of rotatable bonds is 5. The van der Waals surface area contributed by atoms with Crippen LogP contribution >= 0.6 is 0 Å². The second-order valence-corrected chi connectivity index (χ2v) is 4.52. The van der Waals surface area contributed by atoms with Gasteiger partial charge >= 0.3 is 6.03 Å². The summed E-state index contributed by atoms with van der Waals surface area (Å²) in [5.41, 5.74) is 9.27. The highest BCUT2D eigenvalue weighted by atomic mass is 16.3. The van der Waals surface area contributed by atoms with Gasteiger partial charge in [0, 0.05) is 0 Å². The van der Waals surface area contributed by atoms with E-state index in [1.54, 1.807) is 30.3 Å². The van der Waals surface area contributed by atoms with Gasteiger partial charge in [0.1, 0.15) is 6.04 Å². The second kappa shape index (κ2) is 7.96. The van der Waals surface area contributed by atoms with Crippen molar-refractivity contribution in [2.24, 2.45) is 5.73 Å². The molecule has 120 valence electrons. The van der Waals surface area contributed by atoms with Gasteiger partial charge < -0.3 is 21.3 Å². The molecular weight excluding hydrogens is 292 g/mol. The standard InChI is InChI=1S/C13H18N4O5/c1-7(18)9(11(14)20)15-13(22)17-16-12(21)10(19)8-5-3-2-4-6-8/h2-7,9-10,18-19H,1H3,(H2,14,20)(H,16,21)(H2,15,17,22)/t7?,9-,10+/m0/s1. The minimum absolute atomic E-state index is 0.348. The Bertz CT molecular complexity index is 534. The molecule has 9 nitrogen and oxygen atoms in total. The Morgan fingerprint density at radius 2 is 1.68 bits per heavy atom. The third-order valence-corrected chi connectivity index (χ3v) is 2.74. The summed E-state index contributed by atoms with van der Waals surface area (Å²) >= 11 is 0. The Labute approximate surface area is 126 Å². The first kappa shape index (κ1) is 17.4. The van der Waals surface area contributed by atoms with E-state index in [4.69, 9.17) is 5.73 Å². The van der Waals surface area contributed by atoms with E-state index in [0.29, 0.717) is 5.56 Å². The van der Waals surface area contributed by atoms with Crippen LogP contribution in [0.1, 0.15) is 18.6 Å². The number of nitrogens with one attached hydrogen (secondary N) is 3. The van der Waals surface area contributed by atoms with Crippen LogP contribution in [0.15, 0.2) is 30.3 Å². The predicted octanol–water partition coefficient (Wildman–Crippen LogP) is -1.71. The quantitative estimate of drug-likeness (QED) is 0.357. The van der Waals surface area contributed by atoms with Gasteiger partial charge in [0.15, 0.2) is 6.10 Å². The number of hydrogen-bond donors (Lipinski definition) is 6. The minimum Gasteiger partial charge on any atom is -0.391 e. The molecular formula is C13H18N4O5. The van der Waals surface area contributed by atoms with E-state index in [2.05, 4.69) is 5.32 Å². The van der Waals surface area contributed by atoms with Crippen LogP contribution in [0.4, 0.5) is 4.79 Å². The zero-order valence-corrected chi connectivity index (χ0v) is 11.8. The topological polar surface area (TPSA) is 154 Å². The molecule has 9 heteroatoms. The summed E-state index contributed by atoms with van der Waals surface area (Å²) in [5.74, 6) is -1.80. The lowest BCUT2D eigenvalue weighted by atomic mass is 10.1. The van der Waals surface area contributed by atoms with Crippen molar-refractivity contribution in [2.75, 3.05) is 0 Å². The molecule has 22 heavy (non-hydrogen) atoms. The number of amides is 4. The average Bonchev–Trinajstić information content (AvgIpc) is 2.49. The van der Waals surface area contributed by atoms with Gasteiger partial charge in [0.25, 0.3) is 5.91 Å². The summed E-state index contributed by atoms with van der Waals surface area (Å²) in [4.78, 5) is 34.1. The van der Waals surface area contributed by atoms with Gasteiger partial charge in [-0.2, -0.15) is 0 Å². The molecule has 0 fully saturated rings. The number of nitrogens with two attached hydrogens (primary N) is 1. The van der Waals surface area contributed by atoms with Crippen LogP contribution in [0, 0.1) is 0 Å². The van der Waals surface area contributed by atoms with Gasteiger partial charge in [0.05, 0.1) is 6.10 Å². The van der Waals surface area contributed by atoms with Gasteiger partial charge in [-0.1, -0.05) is 30.3 Å². The molecule has 0 aliphatic heterocycles. The zero-order chi connectivity index (χ0) is 16.7. The van der Waals surface area contributed by atoms with Crippen LogP contribution in [0.3, 0.4) is 0 Å². The fraction of sp³-hybridized carbons (Fsp3) is 0.308. The first-order valence-corrected chi connectivity index (χ1v) is 6.39. The largest absolute Gasteiger partial charge is 0.391 e. The minimum atomic E-state index is -1.47. The summed E-state index contributed by atoms with van der Waals surface area (Å²) in [6, 6.07) is 5.83. The molecule has 0 saturated carbocycles. The van der Waals surface area contributed by atoms with E-state index in [0.717, 1.165) is 0 Å². The number of hydrogen-bond acceptors (Lipinski definition) is 5. The summed E-state index contributed by atoms with van der Waals surface area (Å²) < 4.78 is 0. The number of aliphatic hydroxyl groups is 2. The molecule has 0 aliphatic carbocycles. The average molecular weight is 310 g/mol. The SMILES string of the molecule is CC(O)[C@H](NC(=O)NNC(=O)[C@H](O)c1ccccc1)C(N)=O. The molecule has 1 aromatic rings. The number of carbonyl (C=O) groups is 3. The monoisotopic (exact) mass is 310 g/mol. The molecule has 1 unspecified atom stereocenters. The van der Waals surface area contributed by atoms with Crippen LogP contribution in [-0.4, -0.2) is 40.2 Å². The molecule has 0 heterocycles. The van der Waals surface area contributed by atoms with Crippen molar-refractivity contribution in [1.82, 2.24) is 16.2 Å². The van der Waals surface area contributed by atoms with Crippen LogP contribution in [0.2, 0.25) is 0 Å². The van der Waals surface area contributed by atoms with E-state index in [-0.39, 0.29) is 0 Å². The molecule has 0 aromatic heterocycles. The second-order valence-electron chi connectivity index (χ2n) is 4.52. The highest BCUT2D eigenvalue weighted by Crippen LogP contribution is 2.11. The van der Waals surface area contributed by atoms with Gasteiger partial charge in [0.2, 0.25) is 5.91 Å². The summed E-state index contributed by atoms with van der Waals surface area (Å²) in [6.07, 6.45) is -2.67. The molecule has 0 spiro atoms. The Morgan fingerprint density at radius 1 is 1.09 bits per heavy atom. The van der Waals surface area contributed by atoms with E-state index in [1.165, 1.54) is 6.92 Å². The van der Waals surface area contributed by atoms with Crippen molar-refractivity contribution >= 4 is 17.8 Å². The lowest BCUT2D eigenvalue weighted by Crippen LogP contribution is -2.56. The van der Waals surface area contributed by atoms with Crippen LogP contribution in [0.5, 0.6) is 0 Å². The Balaban J connectivity index is 2.50. The zero-order valence-electron chi connectivity index (χ0n) is 11.8.